The van der Waals surface area contributed by atoms with E-state index in [1.165, 1.54) is 43.6 Å². The van der Waals surface area contributed by atoms with Crippen LogP contribution >= 0.6 is 0 Å². The first kappa shape index (κ1) is 22.3. The largest absolute Gasteiger partial charge is 0.393 e. The van der Waals surface area contributed by atoms with Crippen LogP contribution in [-0.2, 0) is 9.63 Å². The molecule has 4 aliphatic rings. The summed E-state index contributed by atoms with van der Waals surface area (Å²) in [6.07, 6.45) is 13.6. The van der Waals surface area contributed by atoms with Crippen molar-refractivity contribution in [2.45, 2.75) is 91.1 Å². The third-order valence-corrected chi connectivity index (χ3v) is 10.3. The Kier molecular flexibility index (Phi) is 6.13. The monoisotopic (exact) mass is 417 g/mol. The highest BCUT2D eigenvalue weighted by molar-refractivity contribution is 5.74. The zero-order valence-electron chi connectivity index (χ0n) is 19.8. The minimum Gasteiger partial charge on any atom is -0.393 e. The van der Waals surface area contributed by atoms with E-state index in [-0.39, 0.29) is 12.0 Å². The van der Waals surface area contributed by atoms with Crippen molar-refractivity contribution in [3.63, 3.8) is 0 Å². The lowest BCUT2D eigenvalue weighted by Crippen LogP contribution is -2.50. The molecule has 1 unspecified atom stereocenters. The number of carbonyl (C=O) groups excluding carboxylic acids is 1. The second-order valence-electron chi connectivity index (χ2n) is 11.5. The van der Waals surface area contributed by atoms with Crippen molar-refractivity contribution in [3.8, 4) is 0 Å². The highest BCUT2D eigenvalue weighted by Gasteiger charge is 2.59. The molecule has 4 aliphatic carbocycles. The van der Waals surface area contributed by atoms with E-state index in [0.29, 0.717) is 23.2 Å². The van der Waals surface area contributed by atoms with E-state index in [2.05, 4.69) is 26.8 Å². The Morgan fingerprint density at radius 2 is 2.00 bits per heavy atom. The molecule has 4 rings (SSSR count). The van der Waals surface area contributed by atoms with Gasteiger partial charge in [0.2, 0.25) is 5.91 Å². The van der Waals surface area contributed by atoms with Crippen LogP contribution in [0.1, 0.15) is 85.0 Å². The molecule has 0 aromatic heterocycles. The topological polar surface area (TPSA) is 49.8 Å². The summed E-state index contributed by atoms with van der Waals surface area (Å²) < 4.78 is 0. The van der Waals surface area contributed by atoms with Crippen LogP contribution in [0.3, 0.4) is 0 Å². The van der Waals surface area contributed by atoms with E-state index in [9.17, 15) is 9.90 Å². The maximum absolute atomic E-state index is 12.2. The number of carbonyl (C=O) groups is 1. The number of rotatable bonds is 5. The molecule has 4 heteroatoms. The van der Waals surface area contributed by atoms with Crippen molar-refractivity contribution < 1.29 is 14.7 Å². The maximum Gasteiger partial charge on any atom is 0.245 e. The fraction of sp³-hybridized carbons (Fsp3) is 0.885. The molecule has 0 aromatic rings. The minimum absolute atomic E-state index is 0.0881. The van der Waals surface area contributed by atoms with Crippen molar-refractivity contribution in [1.29, 1.82) is 0 Å². The summed E-state index contributed by atoms with van der Waals surface area (Å²) in [7, 11) is 3.26. The lowest BCUT2D eigenvalue weighted by atomic mass is 9.47. The highest BCUT2D eigenvalue weighted by Crippen LogP contribution is 2.67. The zero-order valence-corrected chi connectivity index (χ0v) is 19.8. The van der Waals surface area contributed by atoms with Crippen LogP contribution in [0, 0.1) is 40.4 Å². The molecular formula is C26H43NO3. The van der Waals surface area contributed by atoms with Gasteiger partial charge < -0.3 is 5.11 Å². The Labute approximate surface area is 183 Å². The highest BCUT2D eigenvalue weighted by atomic mass is 16.7. The van der Waals surface area contributed by atoms with E-state index in [0.717, 1.165) is 42.9 Å². The molecular weight excluding hydrogens is 374 g/mol. The van der Waals surface area contributed by atoms with E-state index in [1.54, 1.807) is 19.7 Å². The standard InChI is InChI=1S/C26H43NO3/c1-17(6-11-24(29)27(4)30-5)21-9-10-22-20-8-7-18-16-19(28)12-14-25(18,2)23(20)13-15-26(21,22)3/h7,17,19-23,28H,6,8-16H2,1-5H3/t17-,19+,20+,21?,22+,23+,25+,26-/m1/s1. The molecule has 3 fully saturated rings. The van der Waals surface area contributed by atoms with Gasteiger partial charge in [-0.15, -0.1) is 0 Å². The van der Waals surface area contributed by atoms with Gasteiger partial charge in [0.05, 0.1) is 13.2 Å². The molecule has 170 valence electrons. The molecule has 30 heavy (non-hydrogen) atoms. The Morgan fingerprint density at radius 3 is 2.73 bits per heavy atom. The Balaban J connectivity index is 1.47. The van der Waals surface area contributed by atoms with Gasteiger partial charge in [0.15, 0.2) is 0 Å². The van der Waals surface area contributed by atoms with Crippen LogP contribution in [0.15, 0.2) is 11.6 Å². The third kappa shape index (κ3) is 3.56. The van der Waals surface area contributed by atoms with Crippen LogP contribution in [0.25, 0.3) is 0 Å². The average molecular weight is 418 g/mol. The fourth-order valence-corrected chi connectivity index (χ4v) is 8.43. The minimum atomic E-state index is -0.119. The second kappa shape index (κ2) is 8.24. The smallest absolute Gasteiger partial charge is 0.245 e. The Morgan fingerprint density at radius 1 is 1.23 bits per heavy atom. The van der Waals surface area contributed by atoms with Crippen molar-refractivity contribution >= 4 is 5.91 Å². The number of aliphatic hydroxyl groups excluding tert-OH is 1. The van der Waals surface area contributed by atoms with E-state index in [4.69, 9.17) is 4.84 Å². The van der Waals surface area contributed by atoms with Gasteiger partial charge in [0.25, 0.3) is 0 Å². The van der Waals surface area contributed by atoms with Crippen molar-refractivity contribution in [1.82, 2.24) is 5.06 Å². The molecule has 0 heterocycles. The summed E-state index contributed by atoms with van der Waals surface area (Å²) in [5.74, 6) is 3.84. The number of hydrogen-bond donors (Lipinski definition) is 1. The number of allylic oxidation sites excluding steroid dienone is 1. The van der Waals surface area contributed by atoms with Gasteiger partial charge in [-0.3, -0.25) is 9.63 Å². The van der Waals surface area contributed by atoms with Gasteiger partial charge in [0.1, 0.15) is 0 Å². The SMILES string of the molecule is CON(C)C(=O)CC[C@@H](C)C1CC[C@H]2[C@@H]3CC=C4C[C@@H](O)CC[C@]4(C)[C@H]3CC[C@]12C. The van der Waals surface area contributed by atoms with Gasteiger partial charge in [-0.2, -0.15) is 0 Å². The molecule has 0 radical (unpaired) electrons. The van der Waals surface area contributed by atoms with Gasteiger partial charge in [0, 0.05) is 13.5 Å². The van der Waals surface area contributed by atoms with Gasteiger partial charge in [-0.05, 0) is 98.2 Å². The van der Waals surface area contributed by atoms with Gasteiger partial charge in [-0.25, -0.2) is 5.06 Å². The quantitative estimate of drug-likeness (QED) is 0.484. The molecule has 1 amide bonds. The van der Waals surface area contributed by atoms with Crippen LogP contribution in [0.5, 0.6) is 0 Å². The van der Waals surface area contributed by atoms with Crippen LogP contribution in [0.4, 0.5) is 0 Å². The number of fused-ring (bicyclic) bond motifs is 5. The Bertz CT molecular complexity index is 690. The second-order valence-corrected chi connectivity index (χ2v) is 11.5. The number of hydroxylamine groups is 2. The first-order valence-electron chi connectivity index (χ1n) is 12.4. The lowest BCUT2D eigenvalue weighted by Gasteiger charge is -2.58. The lowest BCUT2D eigenvalue weighted by molar-refractivity contribution is -0.169. The molecule has 4 nitrogen and oxygen atoms in total. The average Bonchev–Trinajstić information content (AvgIpc) is 3.09. The first-order valence-corrected chi connectivity index (χ1v) is 12.4. The molecule has 3 saturated carbocycles. The van der Waals surface area contributed by atoms with E-state index in [1.807, 2.05) is 0 Å². The summed E-state index contributed by atoms with van der Waals surface area (Å²) in [6.45, 7) is 7.47. The maximum atomic E-state index is 12.2. The van der Waals surface area contributed by atoms with Crippen molar-refractivity contribution in [2.24, 2.45) is 40.4 Å². The van der Waals surface area contributed by atoms with E-state index >= 15 is 0 Å². The molecule has 0 aliphatic heterocycles. The van der Waals surface area contributed by atoms with Crippen molar-refractivity contribution in [2.75, 3.05) is 14.2 Å². The normalized spacial score (nSPS) is 43.8. The first-order chi connectivity index (χ1) is 14.2. The third-order valence-electron chi connectivity index (χ3n) is 10.3. The molecule has 1 N–H and O–H groups in total. The van der Waals surface area contributed by atoms with Crippen LogP contribution in [0.2, 0.25) is 0 Å². The van der Waals surface area contributed by atoms with Crippen LogP contribution in [-0.4, -0.2) is 36.3 Å². The summed E-state index contributed by atoms with van der Waals surface area (Å²) in [6, 6.07) is 0. The van der Waals surface area contributed by atoms with Crippen molar-refractivity contribution in [3.05, 3.63) is 11.6 Å². The summed E-state index contributed by atoms with van der Waals surface area (Å²) in [5, 5.41) is 11.6. The fourth-order valence-electron chi connectivity index (χ4n) is 8.43. The van der Waals surface area contributed by atoms with Gasteiger partial charge >= 0.3 is 0 Å². The predicted molar refractivity (Wildman–Crippen MR) is 119 cm³/mol. The Hall–Kier alpha value is -0.870. The molecule has 0 aromatic carbocycles. The number of amides is 1. The number of aliphatic hydroxyl groups is 1. The zero-order chi connectivity index (χ0) is 21.7. The van der Waals surface area contributed by atoms with Crippen LogP contribution < -0.4 is 0 Å². The molecule has 0 spiro atoms. The molecule has 0 saturated heterocycles. The molecule has 0 bridgehead atoms. The summed E-state index contributed by atoms with van der Waals surface area (Å²) in [5.41, 5.74) is 2.31. The summed E-state index contributed by atoms with van der Waals surface area (Å²) >= 11 is 0. The van der Waals surface area contributed by atoms with E-state index < -0.39 is 0 Å². The predicted octanol–water partition coefficient (Wildman–Crippen LogP) is 5.36. The number of nitrogens with zero attached hydrogens (tertiary/aromatic N) is 1. The van der Waals surface area contributed by atoms with Gasteiger partial charge in [-0.1, -0.05) is 32.4 Å². The molecule has 8 atom stereocenters. The number of hydrogen-bond acceptors (Lipinski definition) is 3. The summed E-state index contributed by atoms with van der Waals surface area (Å²) in [4.78, 5) is 17.3.